The summed E-state index contributed by atoms with van der Waals surface area (Å²) in [5.74, 6) is -1.19. The molecule has 0 N–H and O–H groups in total. The minimum atomic E-state index is -0.593. The summed E-state index contributed by atoms with van der Waals surface area (Å²) in [6.45, 7) is 0. The molecule has 4 heteroatoms. The van der Waals surface area contributed by atoms with E-state index in [1.165, 1.54) is 0 Å². The van der Waals surface area contributed by atoms with Gasteiger partial charge < -0.3 is 24.0 Å². The van der Waals surface area contributed by atoms with Crippen molar-refractivity contribution in [2.24, 2.45) is 0 Å². The first kappa shape index (κ1) is 13.2. The Labute approximate surface area is 91.2 Å². The minimum absolute atomic E-state index is 0. The Kier molecular flexibility index (Phi) is 8.30. The summed E-state index contributed by atoms with van der Waals surface area (Å²) in [5, 5.41) is 0. The zero-order valence-corrected chi connectivity index (χ0v) is 8.64. The molecule has 0 radical (unpaired) electrons. The van der Waals surface area contributed by atoms with Crippen LogP contribution in [-0.4, -0.2) is 23.1 Å². The molecule has 0 unspecified atom stereocenters. The van der Waals surface area contributed by atoms with Gasteiger partial charge >= 0.3 is 23.1 Å². The van der Waals surface area contributed by atoms with Gasteiger partial charge in [0.2, 0.25) is 0 Å². The molecular weight excluding hydrogens is 261 g/mol. The van der Waals surface area contributed by atoms with Gasteiger partial charge in [0.1, 0.15) is 0 Å². The first-order chi connectivity index (χ1) is 3.79. The van der Waals surface area contributed by atoms with Crippen molar-refractivity contribution in [3.63, 3.8) is 0 Å². The molecule has 0 nitrogen and oxygen atoms in total. The first-order valence-electron chi connectivity index (χ1n) is 2.11. The van der Waals surface area contributed by atoms with Crippen molar-refractivity contribution in [2.45, 2.75) is 0 Å². The van der Waals surface area contributed by atoms with Gasteiger partial charge in [0.15, 0.2) is 0 Å². The summed E-state index contributed by atoms with van der Waals surface area (Å²) >= 11 is 0. The van der Waals surface area contributed by atoms with Crippen LogP contribution < -0.4 is 24.0 Å². The maximum absolute atomic E-state index is 11.9. The topological polar surface area (TPSA) is 0 Å². The molecule has 0 spiro atoms. The maximum atomic E-state index is 11.9. The van der Waals surface area contributed by atoms with Crippen molar-refractivity contribution in [2.75, 3.05) is 0 Å². The molecule has 0 bridgehead atoms. The third-order valence-corrected chi connectivity index (χ3v) is 0.718. The van der Waals surface area contributed by atoms with Gasteiger partial charge in [0.05, 0.1) is 0 Å². The Morgan fingerprint density at radius 3 is 1.70 bits per heavy atom. The monoisotopic (exact) mass is 264 g/mol. The molecule has 0 aliphatic carbocycles. The number of benzene rings is 1. The predicted octanol–water partition coefficient (Wildman–Crippen LogP) is -1.61. The molecular formula is C6H3F2IMg. The molecule has 50 valence electrons. The van der Waals surface area contributed by atoms with Gasteiger partial charge in [-0.1, -0.05) is 0 Å². The molecule has 0 saturated carbocycles. The molecule has 0 atom stereocenters. The Hall–Kier alpha value is 0.576. The summed E-state index contributed by atoms with van der Waals surface area (Å²) in [7, 11) is 0. The van der Waals surface area contributed by atoms with E-state index in [0.717, 1.165) is 18.2 Å². The molecule has 0 aromatic heterocycles. The van der Waals surface area contributed by atoms with Gasteiger partial charge in [-0.25, -0.2) is 0 Å². The van der Waals surface area contributed by atoms with E-state index in [4.69, 9.17) is 0 Å². The van der Waals surface area contributed by atoms with Gasteiger partial charge in [-0.3, -0.25) is 8.78 Å². The van der Waals surface area contributed by atoms with E-state index < -0.39 is 11.6 Å². The summed E-state index contributed by atoms with van der Waals surface area (Å²) in [6.07, 6.45) is 0. The van der Waals surface area contributed by atoms with Crippen molar-refractivity contribution < 1.29 is 32.8 Å². The molecule has 0 heterocycles. The second kappa shape index (κ2) is 6.30. The zero-order valence-electron chi connectivity index (χ0n) is 5.07. The molecule has 1 aromatic carbocycles. The van der Waals surface area contributed by atoms with Crippen LogP contribution in [0, 0.1) is 17.7 Å². The molecule has 0 aliphatic rings. The second-order valence-electron chi connectivity index (χ2n) is 1.37. The van der Waals surface area contributed by atoms with Gasteiger partial charge in [0.25, 0.3) is 0 Å². The van der Waals surface area contributed by atoms with Crippen LogP contribution in [0.5, 0.6) is 0 Å². The molecule has 0 saturated heterocycles. The first-order valence-corrected chi connectivity index (χ1v) is 2.11. The minimum Gasteiger partial charge on any atom is -1.00 e. The van der Waals surface area contributed by atoms with Crippen LogP contribution in [0.2, 0.25) is 0 Å². The normalized spacial score (nSPS) is 7.40. The molecule has 1 rings (SSSR count). The Balaban J connectivity index is 0. The summed E-state index contributed by atoms with van der Waals surface area (Å²) in [6, 6.07) is 5.23. The van der Waals surface area contributed by atoms with E-state index in [-0.39, 0.29) is 47.0 Å². The molecule has 0 aliphatic heterocycles. The third-order valence-electron chi connectivity index (χ3n) is 0.718. The van der Waals surface area contributed by atoms with Crippen molar-refractivity contribution in [3.05, 3.63) is 35.9 Å². The summed E-state index contributed by atoms with van der Waals surface area (Å²) in [5.41, 5.74) is 0. The van der Waals surface area contributed by atoms with Crippen LogP contribution in [0.4, 0.5) is 8.78 Å². The fourth-order valence-corrected chi connectivity index (χ4v) is 0.416. The smallest absolute Gasteiger partial charge is 1.00 e. The van der Waals surface area contributed by atoms with Crippen LogP contribution in [0.15, 0.2) is 18.2 Å². The van der Waals surface area contributed by atoms with E-state index in [0.29, 0.717) is 0 Å². The maximum Gasteiger partial charge on any atom is 2.00 e. The Morgan fingerprint density at radius 1 is 1.10 bits per heavy atom. The van der Waals surface area contributed by atoms with E-state index in [1.54, 1.807) is 0 Å². The number of hydrogen-bond donors (Lipinski definition) is 0. The van der Waals surface area contributed by atoms with Crippen molar-refractivity contribution >= 4 is 23.1 Å². The largest absolute Gasteiger partial charge is 2.00 e. The van der Waals surface area contributed by atoms with Crippen LogP contribution in [0.1, 0.15) is 0 Å². The van der Waals surface area contributed by atoms with E-state index in [9.17, 15) is 8.78 Å². The summed E-state index contributed by atoms with van der Waals surface area (Å²) < 4.78 is 23.8. The molecule has 0 amide bonds. The van der Waals surface area contributed by atoms with E-state index in [1.807, 2.05) is 0 Å². The second-order valence-corrected chi connectivity index (χ2v) is 1.37. The SMILES string of the molecule is Fc1c[c-]cc(F)c1.[I-].[Mg+2]. The van der Waals surface area contributed by atoms with Crippen LogP contribution >= 0.6 is 0 Å². The fraction of sp³-hybridized carbons (Fsp3) is 0. The van der Waals surface area contributed by atoms with Gasteiger partial charge in [0, 0.05) is 11.6 Å². The van der Waals surface area contributed by atoms with Crippen LogP contribution in [-0.2, 0) is 0 Å². The van der Waals surface area contributed by atoms with Gasteiger partial charge in [-0.15, -0.1) is 18.2 Å². The van der Waals surface area contributed by atoms with Crippen molar-refractivity contribution in [1.82, 2.24) is 0 Å². The van der Waals surface area contributed by atoms with Crippen LogP contribution in [0.25, 0.3) is 0 Å². The molecule has 0 fully saturated rings. The van der Waals surface area contributed by atoms with Gasteiger partial charge in [-0.2, -0.15) is 6.07 Å². The average molecular weight is 264 g/mol. The molecule has 10 heavy (non-hydrogen) atoms. The third kappa shape index (κ3) is 4.40. The quantitative estimate of drug-likeness (QED) is 0.300. The predicted molar refractivity (Wildman–Crippen MR) is 30.9 cm³/mol. The number of hydrogen-bond acceptors (Lipinski definition) is 0. The van der Waals surface area contributed by atoms with Gasteiger partial charge in [-0.05, 0) is 0 Å². The average Bonchev–Trinajstić information content (AvgIpc) is 1.64. The fourth-order valence-electron chi connectivity index (χ4n) is 0.416. The van der Waals surface area contributed by atoms with Crippen molar-refractivity contribution in [3.8, 4) is 0 Å². The Bertz CT molecular complexity index is 176. The van der Waals surface area contributed by atoms with E-state index >= 15 is 0 Å². The van der Waals surface area contributed by atoms with Crippen molar-refractivity contribution in [1.29, 1.82) is 0 Å². The standard InChI is InChI=1S/C6H3F2.HI.Mg/c7-5-2-1-3-6(8)4-5;;/h2-4H;1H;/q-1;;+2/p-1. The van der Waals surface area contributed by atoms with Crippen LogP contribution in [0.3, 0.4) is 0 Å². The molecule has 1 aromatic rings. The Morgan fingerprint density at radius 2 is 1.50 bits per heavy atom. The zero-order chi connectivity index (χ0) is 5.98. The summed E-state index contributed by atoms with van der Waals surface area (Å²) in [4.78, 5) is 0. The van der Waals surface area contributed by atoms with E-state index in [2.05, 4.69) is 6.07 Å². The number of rotatable bonds is 0. The number of halogens is 3.